The van der Waals surface area contributed by atoms with Crippen LogP contribution < -0.4 is 16.2 Å². The molecule has 15 heteroatoms. The highest BCUT2D eigenvalue weighted by molar-refractivity contribution is 8.00. The maximum absolute atomic E-state index is 13.0. The average molecular weight is 505 g/mol. The fraction of sp³-hybridized carbons (Fsp3) is 0.421. The first-order valence-electron chi connectivity index (χ1n) is 10.3. The molecule has 0 bridgehead atoms. The summed E-state index contributed by atoms with van der Waals surface area (Å²) in [6.07, 6.45) is 5.56. The van der Waals surface area contributed by atoms with Gasteiger partial charge in [-0.05, 0) is 0 Å². The number of nitrogen functional groups attached to an aromatic ring is 1. The molecule has 5 rings (SSSR count). The quantitative estimate of drug-likeness (QED) is 0.191. The van der Waals surface area contributed by atoms with Gasteiger partial charge in [0.1, 0.15) is 30.8 Å². The van der Waals surface area contributed by atoms with E-state index in [9.17, 15) is 19.5 Å². The number of anilines is 1. The molecule has 0 aromatic carbocycles. The van der Waals surface area contributed by atoms with Crippen molar-refractivity contribution in [2.45, 2.75) is 24.3 Å². The Morgan fingerprint density at radius 1 is 1.47 bits per heavy atom. The zero-order chi connectivity index (χ0) is 24.0. The molecule has 1 aromatic rings. The van der Waals surface area contributed by atoms with Crippen molar-refractivity contribution in [2.75, 3.05) is 31.7 Å². The minimum atomic E-state index is -1.42. The van der Waals surface area contributed by atoms with Gasteiger partial charge in [-0.3, -0.25) is 14.5 Å². The Bertz CT molecular complexity index is 1210. The van der Waals surface area contributed by atoms with E-state index in [1.807, 2.05) is 12.5 Å². The largest absolute Gasteiger partial charge is 0.543 e. The first-order valence-corrected chi connectivity index (χ1v) is 12.2. The average Bonchev–Trinajstić information content (AvgIpc) is 3.50. The number of fused-ring (bicyclic) bond motifs is 2. The summed E-state index contributed by atoms with van der Waals surface area (Å²) in [5.41, 5.74) is 6.97. The van der Waals surface area contributed by atoms with E-state index in [2.05, 4.69) is 24.8 Å². The number of oxime groups is 1. The second-order valence-corrected chi connectivity index (χ2v) is 9.97. The van der Waals surface area contributed by atoms with Crippen LogP contribution in [0.15, 0.2) is 33.3 Å². The van der Waals surface area contributed by atoms with Gasteiger partial charge in [-0.2, -0.15) is 9.36 Å². The first kappa shape index (κ1) is 22.5. The summed E-state index contributed by atoms with van der Waals surface area (Å²) in [7, 11) is 1.26. The lowest BCUT2D eigenvalue weighted by atomic mass is 10.0. The van der Waals surface area contributed by atoms with E-state index in [0.717, 1.165) is 36.6 Å². The van der Waals surface area contributed by atoms with Crippen LogP contribution in [-0.2, 0) is 19.2 Å². The summed E-state index contributed by atoms with van der Waals surface area (Å²) in [5, 5.41) is 17.9. The Kier molecular flexibility index (Phi) is 5.61. The molecule has 34 heavy (non-hydrogen) atoms. The number of aliphatic carboxylic acids is 1. The zero-order valence-corrected chi connectivity index (χ0v) is 19.6. The number of carbonyl (C=O) groups excluding carboxylic acids is 3. The van der Waals surface area contributed by atoms with Crippen molar-refractivity contribution >= 4 is 58.3 Å². The van der Waals surface area contributed by atoms with Crippen molar-refractivity contribution in [1.29, 1.82) is 0 Å². The van der Waals surface area contributed by atoms with E-state index >= 15 is 0 Å². The number of allylic oxidation sites excluding steroid dienone is 1. The lowest BCUT2D eigenvalue weighted by Crippen LogP contribution is -2.71. The van der Waals surface area contributed by atoms with Crippen molar-refractivity contribution in [3.63, 3.8) is 0 Å². The summed E-state index contributed by atoms with van der Waals surface area (Å²) in [6.45, 7) is 1.25. The van der Waals surface area contributed by atoms with E-state index < -0.39 is 29.2 Å². The van der Waals surface area contributed by atoms with Gasteiger partial charge in [0.15, 0.2) is 11.5 Å². The third-order valence-corrected chi connectivity index (χ3v) is 8.01. The Morgan fingerprint density at radius 3 is 3.00 bits per heavy atom. The van der Waals surface area contributed by atoms with Gasteiger partial charge in [-0.15, -0.1) is 11.8 Å². The van der Waals surface area contributed by atoms with Gasteiger partial charge in [-0.25, -0.2) is 9.48 Å². The molecule has 178 valence electrons. The number of thioether (sulfide) groups is 1. The lowest BCUT2D eigenvalue weighted by Gasteiger charge is -2.51. The number of amides is 2. The van der Waals surface area contributed by atoms with Gasteiger partial charge in [0.05, 0.1) is 24.4 Å². The van der Waals surface area contributed by atoms with Gasteiger partial charge < -0.3 is 25.8 Å². The van der Waals surface area contributed by atoms with Crippen LogP contribution in [0.3, 0.4) is 0 Å². The molecule has 3 N–H and O–H groups in total. The molecule has 0 aliphatic carbocycles. The zero-order valence-electron chi connectivity index (χ0n) is 18.0. The molecule has 4 aliphatic heterocycles. The Hall–Kier alpha value is -3.30. The minimum absolute atomic E-state index is 0.0324. The number of nitrogens with zero attached hydrogens (tertiary/aromatic N) is 6. The van der Waals surface area contributed by atoms with Gasteiger partial charge in [0.25, 0.3) is 11.8 Å². The van der Waals surface area contributed by atoms with Crippen molar-refractivity contribution in [2.24, 2.45) is 10.1 Å². The van der Waals surface area contributed by atoms with Crippen LogP contribution >= 0.6 is 23.3 Å². The number of carboxylic acid groups (broad SMARTS) is 1. The number of nitrogens with two attached hydrogens (primary N) is 1. The molecule has 1 aromatic heterocycles. The Morgan fingerprint density at radius 2 is 2.29 bits per heavy atom. The summed E-state index contributed by atoms with van der Waals surface area (Å²) in [4.78, 5) is 52.0. The SMILES string of the molecule is CO/N=C(\C(=O)N[C@@H]1C(=O)N2C(C(=O)[O-])=C(C[N+]34C=NC=C3CCC4)CS[C@H]12)c1nsc(N)n1. The molecule has 2 amide bonds. The van der Waals surface area contributed by atoms with E-state index in [1.165, 1.54) is 23.8 Å². The third-order valence-electron chi connectivity index (χ3n) is 6.12. The first-order chi connectivity index (χ1) is 16.3. The van der Waals surface area contributed by atoms with Gasteiger partial charge in [0, 0.05) is 35.7 Å². The van der Waals surface area contributed by atoms with Gasteiger partial charge in [-0.1, -0.05) is 5.16 Å². The summed E-state index contributed by atoms with van der Waals surface area (Å²) >= 11 is 2.27. The second-order valence-electron chi connectivity index (χ2n) is 8.08. The molecule has 2 fully saturated rings. The maximum Gasteiger partial charge on any atom is 0.278 e. The van der Waals surface area contributed by atoms with Crippen LogP contribution in [0.2, 0.25) is 0 Å². The predicted molar refractivity (Wildman–Crippen MR) is 121 cm³/mol. The summed E-state index contributed by atoms with van der Waals surface area (Å²) in [6, 6.07) is -0.950. The normalized spacial score (nSPS) is 27.8. The molecule has 3 atom stereocenters. The topological polar surface area (TPSA) is 175 Å². The van der Waals surface area contributed by atoms with Crippen molar-refractivity contribution in [3.05, 3.63) is 29.0 Å². The fourth-order valence-electron chi connectivity index (χ4n) is 4.64. The van der Waals surface area contributed by atoms with Crippen molar-refractivity contribution in [1.82, 2.24) is 19.6 Å². The van der Waals surface area contributed by atoms with E-state index in [0.29, 0.717) is 22.4 Å². The number of nitrogens with one attached hydrogen (secondary N) is 1. The number of hydrogen-bond acceptors (Lipinski definition) is 12. The van der Waals surface area contributed by atoms with Crippen LogP contribution in [0.1, 0.15) is 18.7 Å². The second kappa shape index (κ2) is 8.48. The van der Waals surface area contributed by atoms with E-state index in [1.54, 1.807) is 0 Å². The van der Waals surface area contributed by atoms with Crippen LogP contribution in [0.5, 0.6) is 0 Å². The third kappa shape index (κ3) is 3.56. The number of carboxylic acids is 1. The molecule has 1 unspecified atom stereocenters. The molecular formula is C19H20N8O5S2. The van der Waals surface area contributed by atoms with Crippen LogP contribution in [0.25, 0.3) is 0 Å². The van der Waals surface area contributed by atoms with Crippen LogP contribution in [-0.4, -0.2) is 85.9 Å². The molecular weight excluding hydrogens is 484 g/mol. The molecule has 13 nitrogen and oxygen atoms in total. The smallest absolute Gasteiger partial charge is 0.278 e. The number of carbonyl (C=O) groups is 3. The number of hydrogen-bond donors (Lipinski definition) is 2. The monoisotopic (exact) mass is 504 g/mol. The Labute approximate surface area is 201 Å². The molecule has 0 radical (unpaired) electrons. The highest BCUT2D eigenvalue weighted by atomic mass is 32.2. The van der Waals surface area contributed by atoms with Crippen LogP contribution in [0.4, 0.5) is 5.13 Å². The van der Waals surface area contributed by atoms with Gasteiger partial charge >= 0.3 is 0 Å². The molecule has 5 heterocycles. The number of aliphatic imine (C=N–C) groups is 1. The van der Waals surface area contributed by atoms with E-state index in [-0.39, 0.29) is 22.4 Å². The molecule has 2 saturated heterocycles. The van der Waals surface area contributed by atoms with Crippen molar-refractivity contribution in [3.8, 4) is 0 Å². The number of rotatable bonds is 7. The maximum atomic E-state index is 13.0. The molecule has 0 spiro atoms. The highest BCUT2D eigenvalue weighted by Gasteiger charge is 2.54. The number of aromatic nitrogens is 2. The standard InChI is InChI=1S/C19H20N8O5S2/c1-32-24-11(14-23-19(20)34-25-14)15(28)22-12-16(29)26-13(18(30)31)9(7-33-17(12)26)6-27-4-2-3-10(27)5-21-8-27/h5,8,12,17H,2-4,6-7H2,1H3,(H3-,20,22,23,25,28,30,31)/b24-11-/t12-,17-,27?/m1/s1. The number of β-lactam (4-membered cyclic amide) rings is 1. The van der Waals surface area contributed by atoms with E-state index in [4.69, 9.17) is 10.6 Å². The molecule has 0 saturated carbocycles. The molecule has 4 aliphatic rings. The van der Waals surface area contributed by atoms with Crippen molar-refractivity contribution < 1.29 is 28.8 Å². The van der Waals surface area contributed by atoms with Gasteiger partial charge in [0.2, 0.25) is 11.5 Å². The fourth-order valence-corrected chi connectivity index (χ4v) is 6.41. The predicted octanol–water partition coefficient (Wildman–Crippen LogP) is -1.63. The highest BCUT2D eigenvalue weighted by Crippen LogP contribution is 2.42. The Balaban J connectivity index is 1.36. The number of quaternary nitrogens is 1. The minimum Gasteiger partial charge on any atom is -0.543 e. The summed E-state index contributed by atoms with van der Waals surface area (Å²) < 4.78 is 4.44. The summed E-state index contributed by atoms with van der Waals surface area (Å²) in [5.74, 6) is -2.34. The lowest BCUT2D eigenvalue weighted by molar-refractivity contribution is -0.777. The van der Waals surface area contributed by atoms with Crippen LogP contribution in [0, 0.1) is 0 Å².